The monoisotopic (exact) mass is 445 g/mol. The number of nitrogens with one attached hydrogen (secondary N) is 1. The second-order valence-electron chi connectivity index (χ2n) is 6.37. The summed E-state index contributed by atoms with van der Waals surface area (Å²) in [7, 11) is 3.94. The van der Waals surface area contributed by atoms with Crippen LogP contribution in [-0.2, 0) is 17.6 Å². The predicted octanol–water partition coefficient (Wildman–Crippen LogP) is 2.33. The van der Waals surface area contributed by atoms with Crippen molar-refractivity contribution in [3.05, 3.63) is 29.3 Å². The third-order valence-electron chi connectivity index (χ3n) is 4.58. The van der Waals surface area contributed by atoms with Crippen molar-refractivity contribution < 1.29 is 9.47 Å². The molecule has 0 aliphatic carbocycles. The van der Waals surface area contributed by atoms with Gasteiger partial charge >= 0.3 is 0 Å². The van der Waals surface area contributed by atoms with Crippen LogP contribution in [0.3, 0.4) is 0 Å². The molecule has 0 bridgehead atoms. The molecule has 134 valence electrons. The van der Waals surface area contributed by atoms with Gasteiger partial charge in [0.05, 0.1) is 13.2 Å². The molecule has 3 rings (SSSR count). The Labute approximate surface area is 161 Å². The standard InChI is InChI=1S/C18H27N3O2.HI/c1-19-18(21(2)12-15-6-9-22-13-15)20-8-5-14-3-4-17-16(11-14)7-10-23-17;/h3-4,11,15H,5-10,12-13H2,1-2H3,(H,19,20);1H. The normalized spacial score (nSPS) is 19.4. The van der Waals surface area contributed by atoms with Gasteiger partial charge in [-0.1, -0.05) is 12.1 Å². The highest BCUT2D eigenvalue weighted by atomic mass is 127. The molecule has 0 aromatic heterocycles. The zero-order chi connectivity index (χ0) is 16.1. The molecule has 1 saturated heterocycles. The predicted molar refractivity (Wildman–Crippen MR) is 108 cm³/mol. The molecule has 2 heterocycles. The minimum atomic E-state index is 0. The van der Waals surface area contributed by atoms with Crippen molar-refractivity contribution in [3.63, 3.8) is 0 Å². The lowest BCUT2D eigenvalue weighted by molar-refractivity contribution is 0.181. The third-order valence-corrected chi connectivity index (χ3v) is 4.58. The Hall–Kier alpha value is -1.02. The van der Waals surface area contributed by atoms with Crippen LogP contribution < -0.4 is 10.1 Å². The zero-order valence-electron chi connectivity index (χ0n) is 14.6. The summed E-state index contributed by atoms with van der Waals surface area (Å²) in [5.74, 6) is 2.63. The first-order chi connectivity index (χ1) is 11.3. The minimum Gasteiger partial charge on any atom is -0.493 e. The molecule has 0 radical (unpaired) electrons. The molecular weight excluding hydrogens is 417 g/mol. The molecule has 6 heteroatoms. The Morgan fingerprint density at radius 3 is 3.00 bits per heavy atom. The van der Waals surface area contributed by atoms with Crippen LogP contribution in [0.2, 0.25) is 0 Å². The van der Waals surface area contributed by atoms with Crippen molar-refractivity contribution in [1.29, 1.82) is 0 Å². The number of halogens is 1. The van der Waals surface area contributed by atoms with Crippen LogP contribution in [0.1, 0.15) is 17.5 Å². The highest BCUT2D eigenvalue weighted by Gasteiger charge is 2.19. The van der Waals surface area contributed by atoms with Gasteiger partial charge in [0, 0.05) is 46.1 Å². The highest BCUT2D eigenvalue weighted by Crippen LogP contribution is 2.25. The van der Waals surface area contributed by atoms with Crippen molar-refractivity contribution in [1.82, 2.24) is 10.2 Å². The number of guanidine groups is 1. The number of ether oxygens (including phenoxy) is 2. The van der Waals surface area contributed by atoms with E-state index in [-0.39, 0.29) is 24.0 Å². The molecule has 1 aromatic carbocycles. The SMILES string of the molecule is CN=C(NCCc1ccc2c(c1)CCO2)N(C)CC1CCOC1.I. The van der Waals surface area contributed by atoms with Crippen molar-refractivity contribution in [2.75, 3.05) is 47.0 Å². The van der Waals surface area contributed by atoms with E-state index in [1.165, 1.54) is 11.1 Å². The number of benzene rings is 1. The average Bonchev–Trinajstić information content (AvgIpc) is 3.22. The maximum absolute atomic E-state index is 5.56. The molecule has 1 unspecified atom stereocenters. The summed E-state index contributed by atoms with van der Waals surface area (Å²) in [5, 5.41) is 3.46. The fourth-order valence-electron chi connectivity index (χ4n) is 3.30. The van der Waals surface area contributed by atoms with E-state index in [0.29, 0.717) is 5.92 Å². The number of hydrogen-bond acceptors (Lipinski definition) is 3. The number of nitrogens with zero attached hydrogens (tertiary/aromatic N) is 2. The molecule has 24 heavy (non-hydrogen) atoms. The number of hydrogen-bond donors (Lipinski definition) is 1. The van der Waals surface area contributed by atoms with Crippen molar-refractivity contribution in [2.24, 2.45) is 10.9 Å². The third kappa shape index (κ3) is 4.99. The Morgan fingerprint density at radius 1 is 1.38 bits per heavy atom. The molecule has 0 saturated carbocycles. The van der Waals surface area contributed by atoms with Gasteiger partial charge in [-0.05, 0) is 30.0 Å². The summed E-state index contributed by atoms with van der Waals surface area (Å²) >= 11 is 0. The van der Waals surface area contributed by atoms with Gasteiger partial charge in [0.25, 0.3) is 0 Å². The molecule has 1 aromatic rings. The maximum atomic E-state index is 5.56. The van der Waals surface area contributed by atoms with E-state index >= 15 is 0 Å². The Balaban J connectivity index is 0.00000208. The summed E-state index contributed by atoms with van der Waals surface area (Å²) in [6.45, 7) is 4.47. The molecule has 2 aliphatic heterocycles. The smallest absolute Gasteiger partial charge is 0.193 e. The molecule has 1 fully saturated rings. The largest absolute Gasteiger partial charge is 0.493 e. The van der Waals surface area contributed by atoms with Crippen LogP contribution in [0, 0.1) is 5.92 Å². The molecule has 5 nitrogen and oxygen atoms in total. The lowest BCUT2D eigenvalue weighted by atomic mass is 10.1. The van der Waals surface area contributed by atoms with Gasteiger partial charge in [0.2, 0.25) is 0 Å². The van der Waals surface area contributed by atoms with Gasteiger partial charge in [-0.25, -0.2) is 0 Å². The van der Waals surface area contributed by atoms with Gasteiger partial charge in [0.15, 0.2) is 5.96 Å². The molecule has 0 amide bonds. The van der Waals surface area contributed by atoms with Crippen LogP contribution in [0.15, 0.2) is 23.2 Å². The fraction of sp³-hybridized carbons (Fsp3) is 0.611. The maximum Gasteiger partial charge on any atom is 0.193 e. The lowest BCUT2D eigenvalue weighted by Gasteiger charge is -2.24. The van der Waals surface area contributed by atoms with Gasteiger partial charge in [0.1, 0.15) is 5.75 Å². The molecule has 1 N–H and O–H groups in total. The average molecular weight is 445 g/mol. The molecular formula is C18H28IN3O2. The summed E-state index contributed by atoms with van der Waals surface area (Å²) in [6, 6.07) is 6.53. The molecule has 1 atom stereocenters. The quantitative estimate of drug-likeness (QED) is 0.430. The van der Waals surface area contributed by atoms with Crippen LogP contribution in [0.5, 0.6) is 5.75 Å². The van der Waals surface area contributed by atoms with E-state index in [1.54, 1.807) is 0 Å². The Kier molecular flexibility index (Phi) is 7.61. The van der Waals surface area contributed by atoms with Gasteiger partial charge in [-0.3, -0.25) is 4.99 Å². The van der Waals surface area contributed by atoms with E-state index in [1.807, 2.05) is 7.05 Å². The Bertz CT molecular complexity index is 559. The molecule has 0 spiro atoms. The van der Waals surface area contributed by atoms with Crippen molar-refractivity contribution in [3.8, 4) is 5.75 Å². The summed E-state index contributed by atoms with van der Waals surface area (Å²) < 4.78 is 11.0. The van der Waals surface area contributed by atoms with Crippen LogP contribution in [0.4, 0.5) is 0 Å². The van der Waals surface area contributed by atoms with Crippen LogP contribution in [0.25, 0.3) is 0 Å². The van der Waals surface area contributed by atoms with Crippen molar-refractivity contribution in [2.45, 2.75) is 19.3 Å². The van der Waals surface area contributed by atoms with Crippen LogP contribution >= 0.6 is 24.0 Å². The second-order valence-corrected chi connectivity index (χ2v) is 6.37. The topological polar surface area (TPSA) is 46.1 Å². The van der Waals surface area contributed by atoms with E-state index < -0.39 is 0 Å². The van der Waals surface area contributed by atoms with Gasteiger partial charge < -0.3 is 19.7 Å². The highest BCUT2D eigenvalue weighted by molar-refractivity contribution is 14.0. The van der Waals surface area contributed by atoms with E-state index in [9.17, 15) is 0 Å². The fourth-order valence-corrected chi connectivity index (χ4v) is 3.30. The lowest BCUT2D eigenvalue weighted by Crippen LogP contribution is -2.42. The zero-order valence-corrected chi connectivity index (χ0v) is 16.9. The minimum absolute atomic E-state index is 0. The van der Waals surface area contributed by atoms with Gasteiger partial charge in [-0.2, -0.15) is 0 Å². The van der Waals surface area contributed by atoms with Crippen LogP contribution in [-0.4, -0.2) is 57.9 Å². The summed E-state index contributed by atoms with van der Waals surface area (Å²) in [6.07, 6.45) is 3.18. The summed E-state index contributed by atoms with van der Waals surface area (Å²) in [4.78, 5) is 6.59. The first-order valence-corrected chi connectivity index (χ1v) is 8.50. The second kappa shape index (κ2) is 9.46. The molecule has 2 aliphatic rings. The van der Waals surface area contributed by atoms with Crippen molar-refractivity contribution >= 4 is 29.9 Å². The van der Waals surface area contributed by atoms with E-state index in [4.69, 9.17) is 9.47 Å². The van der Waals surface area contributed by atoms with Gasteiger partial charge in [-0.15, -0.1) is 24.0 Å². The number of aliphatic imine (C=N–C) groups is 1. The number of fused-ring (bicyclic) bond motifs is 1. The summed E-state index contributed by atoms with van der Waals surface area (Å²) in [5.41, 5.74) is 2.69. The first kappa shape index (κ1) is 19.3. The Morgan fingerprint density at radius 2 is 2.25 bits per heavy atom. The van der Waals surface area contributed by atoms with E-state index in [0.717, 1.165) is 63.9 Å². The first-order valence-electron chi connectivity index (χ1n) is 8.50. The number of rotatable bonds is 5. The van der Waals surface area contributed by atoms with E-state index in [2.05, 4.69) is 40.5 Å².